The Balaban J connectivity index is 1.71. The number of nitrogens with one attached hydrogen (secondary N) is 1. The lowest BCUT2D eigenvalue weighted by molar-refractivity contribution is 0.194. The minimum atomic E-state index is 0.179. The van der Waals surface area contributed by atoms with Crippen molar-refractivity contribution < 1.29 is 4.79 Å². The van der Waals surface area contributed by atoms with E-state index in [4.69, 9.17) is 0 Å². The van der Waals surface area contributed by atoms with Crippen molar-refractivity contribution in [3.63, 3.8) is 0 Å². The van der Waals surface area contributed by atoms with Crippen molar-refractivity contribution in [2.45, 2.75) is 51.5 Å². The van der Waals surface area contributed by atoms with Gasteiger partial charge in [-0.3, -0.25) is 0 Å². The van der Waals surface area contributed by atoms with Crippen LogP contribution in [0, 0.1) is 5.92 Å². The maximum absolute atomic E-state index is 11.8. The first-order valence-electron chi connectivity index (χ1n) is 6.35. The summed E-state index contributed by atoms with van der Waals surface area (Å²) < 4.78 is 0. The van der Waals surface area contributed by atoms with Gasteiger partial charge >= 0.3 is 6.03 Å². The van der Waals surface area contributed by atoms with Crippen molar-refractivity contribution in [3.8, 4) is 0 Å². The number of carbonyl (C=O) groups excluding carboxylic acids is 1. The minimum absolute atomic E-state index is 0.179. The molecule has 1 saturated carbocycles. The molecule has 15 heavy (non-hydrogen) atoms. The molecule has 0 aromatic heterocycles. The van der Waals surface area contributed by atoms with Crippen LogP contribution in [0.2, 0.25) is 0 Å². The molecular weight excluding hydrogens is 188 g/mol. The summed E-state index contributed by atoms with van der Waals surface area (Å²) in [5.41, 5.74) is 0. The molecule has 1 saturated heterocycles. The van der Waals surface area contributed by atoms with E-state index in [-0.39, 0.29) is 6.03 Å². The smallest absolute Gasteiger partial charge is 0.317 e. The second kappa shape index (κ2) is 4.86. The number of urea groups is 1. The Labute approximate surface area is 92.2 Å². The number of rotatable bonds is 3. The molecule has 2 fully saturated rings. The molecule has 2 rings (SSSR count). The van der Waals surface area contributed by atoms with Gasteiger partial charge < -0.3 is 10.2 Å². The highest BCUT2D eigenvalue weighted by Crippen LogP contribution is 2.22. The average molecular weight is 210 g/mol. The van der Waals surface area contributed by atoms with Crippen LogP contribution in [0.25, 0.3) is 0 Å². The van der Waals surface area contributed by atoms with E-state index >= 15 is 0 Å². The fourth-order valence-electron chi connectivity index (χ4n) is 2.48. The lowest BCUT2D eigenvalue weighted by Crippen LogP contribution is -2.46. The summed E-state index contributed by atoms with van der Waals surface area (Å²) in [4.78, 5) is 13.8. The van der Waals surface area contributed by atoms with Gasteiger partial charge in [-0.1, -0.05) is 13.3 Å². The van der Waals surface area contributed by atoms with Crippen LogP contribution in [0.4, 0.5) is 4.79 Å². The Morgan fingerprint density at radius 1 is 1.40 bits per heavy atom. The third kappa shape index (κ3) is 2.64. The van der Waals surface area contributed by atoms with Crippen molar-refractivity contribution in [1.29, 1.82) is 0 Å². The maximum Gasteiger partial charge on any atom is 0.317 e. The summed E-state index contributed by atoms with van der Waals surface area (Å²) in [7, 11) is 0. The normalized spacial score (nSPS) is 26.5. The van der Waals surface area contributed by atoms with E-state index in [1.807, 2.05) is 4.90 Å². The summed E-state index contributed by atoms with van der Waals surface area (Å²) in [6, 6.07) is 0.654. The van der Waals surface area contributed by atoms with Gasteiger partial charge in [0.15, 0.2) is 0 Å². The monoisotopic (exact) mass is 210 g/mol. The minimum Gasteiger partial charge on any atom is -0.335 e. The summed E-state index contributed by atoms with van der Waals surface area (Å²) in [5.74, 6) is 0.752. The van der Waals surface area contributed by atoms with E-state index in [0.29, 0.717) is 6.04 Å². The van der Waals surface area contributed by atoms with Crippen LogP contribution in [0.5, 0.6) is 0 Å². The molecule has 2 aliphatic rings. The summed E-state index contributed by atoms with van der Waals surface area (Å²) in [6.07, 6.45) is 7.35. The molecule has 3 heteroatoms. The first-order valence-corrected chi connectivity index (χ1v) is 6.35. The second-order valence-electron chi connectivity index (χ2n) is 4.97. The third-order valence-electron chi connectivity index (χ3n) is 3.70. The molecular formula is C12H22N2O. The molecule has 0 bridgehead atoms. The number of nitrogens with zero attached hydrogens (tertiary/aromatic N) is 1. The molecule has 1 N–H and O–H groups in total. The van der Waals surface area contributed by atoms with E-state index < -0.39 is 0 Å². The first-order chi connectivity index (χ1) is 7.29. The molecule has 1 atom stereocenters. The van der Waals surface area contributed by atoms with Crippen LogP contribution < -0.4 is 5.32 Å². The Hall–Kier alpha value is -0.730. The van der Waals surface area contributed by atoms with Gasteiger partial charge in [-0.2, -0.15) is 0 Å². The zero-order valence-electron chi connectivity index (χ0n) is 9.67. The van der Waals surface area contributed by atoms with E-state index in [1.54, 1.807) is 0 Å². The second-order valence-corrected chi connectivity index (χ2v) is 4.97. The van der Waals surface area contributed by atoms with Gasteiger partial charge in [0.1, 0.15) is 0 Å². The highest BCUT2D eigenvalue weighted by atomic mass is 16.2. The van der Waals surface area contributed by atoms with Crippen molar-refractivity contribution in [3.05, 3.63) is 0 Å². The van der Waals surface area contributed by atoms with Gasteiger partial charge in [0.25, 0.3) is 0 Å². The van der Waals surface area contributed by atoms with Gasteiger partial charge in [0, 0.05) is 19.1 Å². The van der Waals surface area contributed by atoms with Gasteiger partial charge in [0.05, 0.1) is 0 Å². The van der Waals surface area contributed by atoms with Crippen LogP contribution in [0.15, 0.2) is 0 Å². The molecule has 86 valence electrons. The molecule has 1 aliphatic heterocycles. The zero-order valence-corrected chi connectivity index (χ0v) is 9.67. The largest absolute Gasteiger partial charge is 0.335 e. The lowest BCUT2D eigenvalue weighted by Gasteiger charge is -2.29. The fraction of sp³-hybridized carbons (Fsp3) is 0.917. The number of hydrogen-bond donors (Lipinski definition) is 1. The van der Waals surface area contributed by atoms with E-state index in [9.17, 15) is 4.79 Å². The number of amides is 2. The lowest BCUT2D eigenvalue weighted by atomic mass is 9.93. The highest BCUT2D eigenvalue weighted by Gasteiger charge is 2.28. The Kier molecular flexibility index (Phi) is 3.49. The molecule has 3 nitrogen and oxygen atoms in total. The van der Waals surface area contributed by atoms with E-state index in [1.165, 1.54) is 38.5 Å². The number of carbonyl (C=O) groups is 1. The zero-order chi connectivity index (χ0) is 10.7. The van der Waals surface area contributed by atoms with Crippen LogP contribution >= 0.6 is 0 Å². The van der Waals surface area contributed by atoms with Crippen molar-refractivity contribution >= 4 is 6.03 Å². The van der Waals surface area contributed by atoms with Crippen LogP contribution in [-0.2, 0) is 0 Å². The highest BCUT2D eigenvalue weighted by molar-refractivity contribution is 5.74. The molecule has 1 heterocycles. The van der Waals surface area contributed by atoms with Crippen molar-refractivity contribution in [2.24, 2.45) is 5.92 Å². The first kappa shape index (κ1) is 10.8. The van der Waals surface area contributed by atoms with E-state index in [0.717, 1.165) is 19.0 Å². The molecule has 0 aromatic rings. The molecule has 1 aliphatic carbocycles. The Morgan fingerprint density at radius 2 is 2.20 bits per heavy atom. The summed E-state index contributed by atoms with van der Waals surface area (Å²) >= 11 is 0. The summed E-state index contributed by atoms with van der Waals surface area (Å²) in [6.45, 7) is 4.16. The van der Waals surface area contributed by atoms with Gasteiger partial charge in [-0.15, -0.1) is 0 Å². The SMILES string of the molecule is CCCC1CCN(C(=O)NC2CCC2)C1. The number of hydrogen-bond acceptors (Lipinski definition) is 1. The quantitative estimate of drug-likeness (QED) is 0.762. The molecule has 1 unspecified atom stereocenters. The predicted molar refractivity (Wildman–Crippen MR) is 60.8 cm³/mol. The van der Waals surface area contributed by atoms with Gasteiger partial charge in [-0.25, -0.2) is 4.79 Å². The van der Waals surface area contributed by atoms with Crippen molar-refractivity contribution in [2.75, 3.05) is 13.1 Å². The fourth-order valence-corrected chi connectivity index (χ4v) is 2.48. The molecule has 0 radical (unpaired) electrons. The van der Waals surface area contributed by atoms with Crippen LogP contribution in [0.1, 0.15) is 45.4 Å². The molecule has 2 amide bonds. The number of likely N-dealkylation sites (tertiary alicyclic amines) is 1. The average Bonchev–Trinajstić information content (AvgIpc) is 2.60. The molecule has 0 spiro atoms. The van der Waals surface area contributed by atoms with E-state index in [2.05, 4.69) is 12.2 Å². The molecule has 0 aromatic carbocycles. The van der Waals surface area contributed by atoms with Crippen LogP contribution in [0.3, 0.4) is 0 Å². The van der Waals surface area contributed by atoms with Crippen molar-refractivity contribution in [1.82, 2.24) is 10.2 Å². The Bertz CT molecular complexity index is 226. The standard InChI is InChI=1S/C12H22N2O/c1-2-4-10-7-8-14(9-10)12(15)13-11-5-3-6-11/h10-11H,2-9H2,1H3,(H,13,15). The third-order valence-corrected chi connectivity index (χ3v) is 3.70. The topological polar surface area (TPSA) is 32.3 Å². The summed E-state index contributed by atoms with van der Waals surface area (Å²) in [5, 5.41) is 3.11. The van der Waals surface area contributed by atoms with Gasteiger partial charge in [-0.05, 0) is 38.0 Å². The predicted octanol–water partition coefficient (Wildman–Crippen LogP) is 2.37. The Morgan fingerprint density at radius 3 is 2.80 bits per heavy atom. The van der Waals surface area contributed by atoms with Gasteiger partial charge in [0.2, 0.25) is 0 Å². The van der Waals surface area contributed by atoms with Crippen LogP contribution in [-0.4, -0.2) is 30.1 Å². The maximum atomic E-state index is 11.8.